The van der Waals surface area contributed by atoms with Gasteiger partial charge >= 0.3 is 11.9 Å². The Bertz CT molecular complexity index is 272. The lowest BCUT2D eigenvalue weighted by Crippen LogP contribution is -2.45. The van der Waals surface area contributed by atoms with Gasteiger partial charge in [-0.3, -0.25) is 19.3 Å². The molecule has 0 aliphatic rings. The molecule has 0 saturated carbocycles. The van der Waals surface area contributed by atoms with Gasteiger partial charge in [-0.15, -0.1) is 0 Å². The highest BCUT2D eigenvalue weighted by Gasteiger charge is 2.27. The van der Waals surface area contributed by atoms with Gasteiger partial charge in [-0.05, 0) is 13.8 Å². The Hall–Kier alpha value is -1.24. The molecule has 0 aliphatic heterocycles. The molecule has 0 heterocycles. The van der Waals surface area contributed by atoms with E-state index in [4.69, 9.17) is 9.47 Å². The molecule has 0 saturated heterocycles. The number of hydrogen-bond acceptors (Lipinski definition) is 5. The highest BCUT2D eigenvalue weighted by atomic mass is 32.1. The van der Waals surface area contributed by atoms with Crippen LogP contribution in [-0.4, -0.2) is 34.5 Å². The molecule has 0 N–H and O–H groups in total. The average molecular weight is 249 g/mol. The molecule has 0 fully saturated rings. The number of esters is 2. The number of amides is 1. The van der Waals surface area contributed by atoms with Gasteiger partial charge in [-0.1, -0.05) is 12.6 Å². The van der Waals surface area contributed by atoms with E-state index in [1.54, 1.807) is 0 Å². The minimum absolute atomic E-state index is 0.540. The van der Waals surface area contributed by atoms with E-state index in [1.807, 2.05) is 0 Å². The Kier molecular flexibility index (Phi) is 5.87. The summed E-state index contributed by atoms with van der Waals surface area (Å²) in [7, 11) is 0. The Morgan fingerprint density at radius 2 is 1.31 bits per heavy atom. The third-order valence-corrected chi connectivity index (χ3v) is 1.91. The maximum Gasteiger partial charge on any atom is 0.304 e. The first-order valence-corrected chi connectivity index (χ1v) is 5.06. The van der Waals surface area contributed by atoms with E-state index in [2.05, 4.69) is 12.6 Å². The summed E-state index contributed by atoms with van der Waals surface area (Å²) in [5.41, 5.74) is 0. The van der Waals surface area contributed by atoms with Crippen molar-refractivity contribution < 1.29 is 23.9 Å². The second-order valence-electron chi connectivity index (χ2n) is 3.11. The van der Waals surface area contributed by atoms with Gasteiger partial charge in [0.2, 0.25) is 0 Å². The predicted molar refractivity (Wildman–Crippen MR) is 58.7 cm³/mol. The monoisotopic (exact) mass is 249 g/mol. The number of carbonyl (C=O) groups is 3. The Morgan fingerprint density at radius 3 is 1.50 bits per heavy atom. The molecule has 0 aromatic carbocycles. The SMILES string of the molecule is CC(=O)OC(C)N(C(=O)S)C(C)OC(C)=O. The van der Waals surface area contributed by atoms with Crippen molar-refractivity contribution in [2.45, 2.75) is 40.2 Å². The van der Waals surface area contributed by atoms with E-state index in [9.17, 15) is 14.4 Å². The van der Waals surface area contributed by atoms with Crippen LogP contribution in [-0.2, 0) is 19.1 Å². The summed E-state index contributed by atoms with van der Waals surface area (Å²) in [5, 5.41) is -0.650. The summed E-state index contributed by atoms with van der Waals surface area (Å²) in [6.07, 6.45) is -1.70. The highest BCUT2D eigenvalue weighted by molar-refractivity contribution is 7.96. The van der Waals surface area contributed by atoms with Crippen LogP contribution in [0.2, 0.25) is 0 Å². The maximum atomic E-state index is 11.2. The fourth-order valence-electron chi connectivity index (χ4n) is 1.20. The zero-order valence-electron chi connectivity index (χ0n) is 9.59. The van der Waals surface area contributed by atoms with Gasteiger partial charge in [0.25, 0.3) is 5.24 Å². The predicted octanol–water partition coefficient (Wildman–Crippen LogP) is 1.16. The minimum Gasteiger partial charge on any atom is -0.442 e. The van der Waals surface area contributed by atoms with Crippen molar-refractivity contribution in [2.24, 2.45) is 0 Å². The van der Waals surface area contributed by atoms with Gasteiger partial charge < -0.3 is 9.47 Å². The van der Waals surface area contributed by atoms with Crippen LogP contribution in [0.25, 0.3) is 0 Å². The lowest BCUT2D eigenvalue weighted by atomic mass is 10.4. The second-order valence-corrected chi connectivity index (χ2v) is 3.49. The molecule has 0 radical (unpaired) electrons. The zero-order chi connectivity index (χ0) is 12.9. The highest BCUT2D eigenvalue weighted by Crippen LogP contribution is 2.12. The molecule has 0 aromatic rings. The van der Waals surface area contributed by atoms with Gasteiger partial charge in [0.05, 0.1) is 0 Å². The van der Waals surface area contributed by atoms with Crippen molar-refractivity contribution in [3.8, 4) is 0 Å². The molecule has 0 spiro atoms. The zero-order valence-corrected chi connectivity index (χ0v) is 10.5. The van der Waals surface area contributed by atoms with Gasteiger partial charge in [-0.2, -0.15) is 0 Å². The number of nitrogens with zero attached hydrogens (tertiary/aromatic N) is 1. The van der Waals surface area contributed by atoms with Crippen LogP contribution in [0.3, 0.4) is 0 Å². The Morgan fingerprint density at radius 1 is 1.00 bits per heavy atom. The number of carbonyl (C=O) groups excluding carboxylic acids is 3. The molecule has 0 aromatic heterocycles. The van der Waals surface area contributed by atoms with E-state index >= 15 is 0 Å². The molecule has 2 unspecified atom stereocenters. The van der Waals surface area contributed by atoms with Crippen LogP contribution in [0.5, 0.6) is 0 Å². The molecule has 7 heteroatoms. The summed E-state index contributed by atoms with van der Waals surface area (Å²) in [6.45, 7) is 5.40. The number of rotatable bonds is 4. The molecule has 0 rings (SSSR count). The molecular weight excluding hydrogens is 234 g/mol. The van der Waals surface area contributed by atoms with Gasteiger partial charge in [0.15, 0.2) is 12.5 Å². The standard InChI is InChI=1S/C9H15NO5S/c1-5(14-7(3)11)10(9(13)16)6(2)15-8(4)12/h5-6H,1-4H3,(H,13,16). The van der Waals surface area contributed by atoms with Crippen LogP contribution in [0.15, 0.2) is 0 Å². The first-order valence-electron chi connectivity index (χ1n) is 4.61. The lowest BCUT2D eigenvalue weighted by Gasteiger charge is -2.31. The molecule has 2 atom stereocenters. The summed E-state index contributed by atoms with van der Waals surface area (Å²) < 4.78 is 9.60. The van der Waals surface area contributed by atoms with E-state index in [0.717, 1.165) is 4.90 Å². The Balaban J connectivity index is 4.65. The van der Waals surface area contributed by atoms with Gasteiger partial charge in [0, 0.05) is 13.8 Å². The van der Waals surface area contributed by atoms with Crippen LogP contribution in [0.1, 0.15) is 27.7 Å². The van der Waals surface area contributed by atoms with E-state index in [-0.39, 0.29) is 0 Å². The number of thiol groups is 1. The molecular formula is C9H15NO5S. The van der Waals surface area contributed by atoms with E-state index in [1.165, 1.54) is 27.7 Å². The molecule has 6 nitrogen and oxygen atoms in total. The van der Waals surface area contributed by atoms with Crippen molar-refractivity contribution in [3.63, 3.8) is 0 Å². The van der Waals surface area contributed by atoms with Gasteiger partial charge in [0.1, 0.15) is 0 Å². The third-order valence-electron chi connectivity index (χ3n) is 1.68. The topological polar surface area (TPSA) is 72.9 Å². The molecule has 16 heavy (non-hydrogen) atoms. The third kappa shape index (κ3) is 5.01. The largest absolute Gasteiger partial charge is 0.442 e. The van der Waals surface area contributed by atoms with Crippen molar-refractivity contribution in [2.75, 3.05) is 0 Å². The summed E-state index contributed by atoms with van der Waals surface area (Å²) in [6, 6.07) is 0. The number of ether oxygens (including phenoxy) is 2. The molecule has 1 amide bonds. The smallest absolute Gasteiger partial charge is 0.304 e. The van der Waals surface area contributed by atoms with Crippen LogP contribution < -0.4 is 0 Å². The fourth-order valence-corrected chi connectivity index (χ4v) is 1.53. The van der Waals surface area contributed by atoms with Crippen molar-refractivity contribution in [3.05, 3.63) is 0 Å². The maximum absolute atomic E-state index is 11.2. The summed E-state index contributed by atoms with van der Waals surface area (Å²) in [5.74, 6) is -1.08. The summed E-state index contributed by atoms with van der Waals surface area (Å²) >= 11 is 3.62. The number of hydrogen-bond donors (Lipinski definition) is 1. The quantitative estimate of drug-likeness (QED) is 0.460. The first-order chi connectivity index (χ1) is 7.25. The van der Waals surface area contributed by atoms with Crippen LogP contribution in [0.4, 0.5) is 4.79 Å². The van der Waals surface area contributed by atoms with Crippen LogP contribution >= 0.6 is 12.6 Å². The minimum atomic E-state index is -0.850. The molecule has 92 valence electrons. The average Bonchev–Trinajstić information content (AvgIpc) is 1.98. The van der Waals surface area contributed by atoms with Crippen molar-refractivity contribution >= 4 is 29.8 Å². The molecule has 0 aliphatic carbocycles. The summed E-state index contributed by atoms with van der Waals surface area (Å²) in [4.78, 5) is 33.7. The van der Waals surface area contributed by atoms with Gasteiger partial charge in [-0.25, -0.2) is 0 Å². The normalized spacial score (nSPS) is 13.6. The fraction of sp³-hybridized carbons (Fsp3) is 0.667. The second kappa shape index (κ2) is 6.37. The van der Waals surface area contributed by atoms with Crippen molar-refractivity contribution in [1.29, 1.82) is 0 Å². The van der Waals surface area contributed by atoms with Crippen molar-refractivity contribution in [1.82, 2.24) is 4.90 Å². The first kappa shape index (κ1) is 14.8. The van der Waals surface area contributed by atoms with E-state index in [0.29, 0.717) is 0 Å². The van der Waals surface area contributed by atoms with Crippen LogP contribution in [0, 0.1) is 0 Å². The lowest BCUT2D eigenvalue weighted by molar-refractivity contribution is -0.168. The Labute approximate surface area is 99.3 Å². The molecule has 0 bridgehead atoms. The van der Waals surface area contributed by atoms with E-state index < -0.39 is 29.6 Å².